The standard InChI is InChI=1S/C9H16N4O2S/c1-7-8(10)3-4-9(13-7)12-5-2-6-16(11,14)15/h3-4H,2,5-6,10H2,1H3,(H,12,13)(H2,11,14,15). The van der Waals surface area contributed by atoms with Crippen LogP contribution < -0.4 is 16.2 Å². The van der Waals surface area contributed by atoms with E-state index in [1.165, 1.54) is 0 Å². The number of rotatable bonds is 5. The van der Waals surface area contributed by atoms with E-state index in [1.807, 2.05) is 6.92 Å². The van der Waals surface area contributed by atoms with E-state index in [9.17, 15) is 8.42 Å². The molecule has 0 aromatic carbocycles. The second kappa shape index (κ2) is 5.13. The average Bonchev–Trinajstić information content (AvgIpc) is 2.17. The number of primary sulfonamides is 1. The topological polar surface area (TPSA) is 111 Å². The van der Waals surface area contributed by atoms with Crippen LogP contribution in [0, 0.1) is 6.92 Å². The molecule has 0 amide bonds. The van der Waals surface area contributed by atoms with Crippen LogP contribution in [-0.4, -0.2) is 25.7 Å². The van der Waals surface area contributed by atoms with E-state index in [1.54, 1.807) is 12.1 Å². The normalized spacial score (nSPS) is 11.4. The van der Waals surface area contributed by atoms with Gasteiger partial charge in [0.2, 0.25) is 10.0 Å². The number of nitrogens with one attached hydrogen (secondary N) is 1. The Labute approximate surface area is 95.1 Å². The molecule has 0 aliphatic carbocycles. The largest absolute Gasteiger partial charge is 0.397 e. The molecular weight excluding hydrogens is 228 g/mol. The maximum atomic E-state index is 10.7. The van der Waals surface area contributed by atoms with Gasteiger partial charge in [0.25, 0.3) is 0 Å². The molecule has 0 aliphatic heterocycles. The van der Waals surface area contributed by atoms with Crippen molar-refractivity contribution in [2.45, 2.75) is 13.3 Å². The molecular formula is C9H16N4O2S. The molecule has 0 spiro atoms. The summed E-state index contributed by atoms with van der Waals surface area (Å²) in [6, 6.07) is 3.50. The molecule has 6 nitrogen and oxygen atoms in total. The van der Waals surface area contributed by atoms with Gasteiger partial charge in [-0.15, -0.1) is 0 Å². The number of hydrogen-bond donors (Lipinski definition) is 3. The summed E-state index contributed by atoms with van der Waals surface area (Å²) in [5, 5.41) is 7.87. The highest BCUT2D eigenvalue weighted by atomic mass is 32.2. The zero-order chi connectivity index (χ0) is 12.2. The first-order valence-corrected chi connectivity index (χ1v) is 6.57. The molecule has 0 aliphatic rings. The number of hydrogen-bond acceptors (Lipinski definition) is 5. The van der Waals surface area contributed by atoms with Crippen LogP contribution in [0.3, 0.4) is 0 Å². The lowest BCUT2D eigenvalue weighted by atomic mass is 10.3. The minimum atomic E-state index is -3.37. The maximum Gasteiger partial charge on any atom is 0.209 e. The Hall–Kier alpha value is -1.34. The first-order chi connectivity index (χ1) is 7.38. The monoisotopic (exact) mass is 244 g/mol. The molecule has 0 saturated heterocycles. The van der Waals surface area contributed by atoms with Crippen LogP contribution in [0.1, 0.15) is 12.1 Å². The van der Waals surface area contributed by atoms with Crippen LogP contribution in [0.25, 0.3) is 0 Å². The van der Waals surface area contributed by atoms with Crippen molar-refractivity contribution in [2.75, 3.05) is 23.3 Å². The first-order valence-electron chi connectivity index (χ1n) is 4.86. The van der Waals surface area contributed by atoms with E-state index < -0.39 is 10.0 Å². The number of pyridine rings is 1. The van der Waals surface area contributed by atoms with Gasteiger partial charge < -0.3 is 11.1 Å². The van der Waals surface area contributed by atoms with Crippen molar-refractivity contribution in [3.63, 3.8) is 0 Å². The summed E-state index contributed by atoms with van der Waals surface area (Å²) in [6.45, 7) is 2.32. The Kier molecular flexibility index (Phi) is 4.08. The van der Waals surface area contributed by atoms with E-state index in [-0.39, 0.29) is 5.75 Å². The molecule has 90 valence electrons. The number of anilines is 2. The number of nitrogen functional groups attached to an aromatic ring is 1. The fraction of sp³-hybridized carbons (Fsp3) is 0.444. The predicted molar refractivity (Wildman–Crippen MR) is 64.5 cm³/mol. The van der Waals surface area contributed by atoms with Crippen LogP contribution in [0.4, 0.5) is 11.5 Å². The van der Waals surface area contributed by atoms with Gasteiger partial charge in [0.05, 0.1) is 17.1 Å². The molecule has 7 heteroatoms. The van der Waals surface area contributed by atoms with Crippen LogP contribution in [-0.2, 0) is 10.0 Å². The molecule has 1 heterocycles. The Morgan fingerprint density at radius 1 is 1.44 bits per heavy atom. The fourth-order valence-corrected chi connectivity index (χ4v) is 1.71. The lowest BCUT2D eigenvalue weighted by Crippen LogP contribution is -2.18. The fourth-order valence-electron chi connectivity index (χ4n) is 1.16. The third-order valence-corrected chi connectivity index (χ3v) is 2.90. The van der Waals surface area contributed by atoms with Crippen LogP contribution in [0.5, 0.6) is 0 Å². The van der Waals surface area contributed by atoms with Gasteiger partial charge in [-0.1, -0.05) is 0 Å². The second-order valence-electron chi connectivity index (χ2n) is 3.52. The zero-order valence-corrected chi connectivity index (χ0v) is 9.92. The van der Waals surface area contributed by atoms with Crippen molar-refractivity contribution >= 4 is 21.5 Å². The van der Waals surface area contributed by atoms with E-state index >= 15 is 0 Å². The SMILES string of the molecule is Cc1nc(NCCCS(N)(=O)=O)ccc1N. The molecule has 0 unspecified atom stereocenters. The van der Waals surface area contributed by atoms with E-state index in [0.29, 0.717) is 24.5 Å². The summed E-state index contributed by atoms with van der Waals surface area (Å²) in [7, 11) is -3.37. The number of aryl methyl sites for hydroxylation is 1. The lowest BCUT2D eigenvalue weighted by molar-refractivity contribution is 0.595. The molecule has 0 saturated carbocycles. The average molecular weight is 244 g/mol. The molecule has 0 atom stereocenters. The van der Waals surface area contributed by atoms with Crippen LogP contribution in [0.15, 0.2) is 12.1 Å². The van der Waals surface area contributed by atoms with Gasteiger partial charge in [-0.25, -0.2) is 18.5 Å². The van der Waals surface area contributed by atoms with Gasteiger partial charge in [0, 0.05) is 6.54 Å². The summed E-state index contributed by atoms with van der Waals surface area (Å²) < 4.78 is 21.3. The molecule has 1 aromatic heterocycles. The van der Waals surface area contributed by atoms with Crippen molar-refractivity contribution < 1.29 is 8.42 Å². The predicted octanol–water partition coefficient (Wildman–Crippen LogP) is 0.0627. The quantitative estimate of drug-likeness (QED) is 0.634. The number of sulfonamides is 1. The van der Waals surface area contributed by atoms with Gasteiger partial charge in [-0.2, -0.15) is 0 Å². The van der Waals surface area contributed by atoms with E-state index in [2.05, 4.69) is 10.3 Å². The Bertz CT molecular complexity index is 459. The van der Waals surface area contributed by atoms with Crippen molar-refractivity contribution in [3.05, 3.63) is 17.8 Å². The third kappa shape index (κ3) is 4.45. The summed E-state index contributed by atoms with van der Waals surface area (Å²) in [5.74, 6) is 0.648. The molecule has 1 rings (SSSR count). The highest BCUT2D eigenvalue weighted by molar-refractivity contribution is 7.89. The highest BCUT2D eigenvalue weighted by Crippen LogP contribution is 2.11. The molecule has 1 aromatic rings. The molecule has 0 bridgehead atoms. The summed E-state index contributed by atoms with van der Waals surface area (Å²) >= 11 is 0. The van der Waals surface area contributed by atoms with E-state index in [4.69, 9.17) is 10.9 Å². The molecule has 0 radical (unpaired) electrons. The maximum absolute atomic E-state index is 10.7. The van der Waals surface area contributed by atoms with Crippen LogP contribution in [0.2, 0.25) is 0 Å². The minimum absolute atomic E-state index is 0.0338. The van der Waals surface area contributed by atoms with Crippen molar-refractivity contribution in [2.24, 2.45) is 5.14 Å². The first kappa shape index (κ1) is 12.7. The molecule has 0 fully saturated rings. The minimum Gasteiger partial charge on any atom is -0.397 e. The Balaban J connectivity index is 2.41. The van der Waals surface area contributed by atoms with E-state index in [0.717, 1.165) is 5.69 Å². The zero-order valence-electron chi connectivity index (χ0n) is 9.10. The summed E-state index contributed by atoms with van der Waals surface area (Å²) in [4.78, 5) is 4.19. The third-order valence-electron chi connectivity index (χ3n) is 2.04. The van der Waals surface area contributed by atoms with Crippen LogP contribution >= 0.6 is 0 Å². The second-order valence-corrected chi connectivity index (χ2v) is 5.25. The highest BCUT2D eigenvalue weighted by Gasteiger charge is 2.02. The summed E-state index contributed by atoms with van der Waals surface area (Å²) in [6.07, 6.45) is 0.448. The molecule has 16 heavy (non-hydrogen) atoms. The Morgan fingerprint density at radius 3 is 2.69 bits per heavy atom. The van der Waals surface area contributed by atoms with Crippen molar-refractivity contribution in [1.29, 1.82) is 0 Å². The van der Waals surface area contributed by atoms with Crippen molar-refractivity contribution in [1.82, 2.24) is 4.98 Å². The van der Waals surface area contributed by atoms with Crippen molar-refractivity contribution in [3.8, 4) is 0 Å². The number of aromatic nitrogens is 1. The van der Waals surface area contributed by atoms with Gasteiger partial charge in [0.15, 0.2) is 0 Å². The number of nitrogens with two attached hydrogens (primary N) is 2. The number of nitrogens with zero attached hydrogens (tertiary/aromatic N) is 1. The van der Waals surface area contributed by atoms with Gasteiger partial charge in [0.1, 0.15) is 5.82 Å². The van der Waals surface area contributed by atoms with Gasteiger partial charge in [-0.3, -0.25) is 0 Å². The molecule has 5 N–H and O–H groups in total. The van der Waals surface area contributed by atoms with Gasteiger partial charge >= 0.3 is 0 Å². The lowest BCUT2D eigenvalue weighted by Gasteiger charge is -2.06. The Morgan fingerprint density at radius 2 is 2.12 bits per heavy atom. The summed E-state index contributed by atoms with van der Waals surface area (Å²) in [5.41, 5.74) is 7.00. The van der Waals surface area contributed by atoms with Gasteiger partial charge in [-0.05, 0) is 25.5 Å². The smallest absolute Gasteiger partial charge is 0.209 e.